The first-order valence-corrected chi connectivity index (χ1v) is 5.89. The lowest BCUT2D eigenvalue weighted by Gasteiger charge is -2.29. The van der Waals surface area contributed by atoms with Crippen LogP contribution in [0.15, 0.2) is 33.2 Å². The number of benzene rings is 1. The fraction of sp³-hybridized carbons (Fsp3) is 0.333. The van der Waals surface area contributed by atoms with E-state index in [-0.39, 0.29) is 6.10 Å². The van der Waals surface area contributed by atoms with Gasteiger partial charge >= 0.3 is 0 Å². The molecule has 3 rings (SSSR count). The van der Waals surface area contributed by atoms with E-state index < -0.39 is 0 Å². The van der Waals surface area contributed by atoms with Crippen LogP contribution in [0.2, 0.25) is 0 Å². The second-order valence-corrected chi connectivity index (χ2v) is 5.07. The van der Waals surface area contributed by atoms with Crippen LogP contribution in [0, 0.1) is 0 Å². The number of aliphatic hydroxyl groups excluding tert-OH is 1. The molecule has 0 radical (unpaired) electrons. The van der Waals surface area contributed by atoms with Gasteiger partial charge in [-0.3, -0.25) is 0 Å². The highest BCUT2D eigenvalue weighted by molar-refractivity contribution is 9.10. The van der Waals surface area contributed by atoms with E-state index in [4.69, 9.17) is 4.42 Å². The number of furan rings is 1. The van der Waals surface area contributed by atoms with Crippen LogP contribution in [-0.2, 0) is 0 Å². The summed E-state index contributed by atoms with van der Waals surface area (Å²) in [5.74, 6) is 1.42. The number of hydrogen-bond acceptors (Lipinski definition) is 2. The molecule has 1 saturated carbocycles. The average Bonchev–Trinajstić information content (AvgIpc) is 2.55. The zero-order valence-corrected chi connectivity index (χ0v) is 9.70. The Morgan fingerprint density at radius 3 is 2.80 bits per heavy atom. The van der Waals surface area contributed by atoms with Gasteiger partial charge in [-0.1, -0.05) is 15.9 Å². The van der Waals surface area contributed by atoms with Crippen molar-refractivity contribution in [2.24, 2.45) is 0 Å². The van der Waals surface area contributed by atoms with E-state index >= 15 is 0 Å². The summed E-state index contributed by atoms with van der Waals surface area (Å²) in [7, 11) is 0. The lowest BCUT2D eigenvalue weighted by atomic mass is 9.81. The maximum Gasteiger partial charge on any atom is 0.134 e. The normalized spacial score (nSPS) is 25.5. The number of rotatable bonds is 1. The Kier molecular flexibility index (Phi) is 2.11. The molecule has 15 heavy (non-hydrogen) atoms. The Morgan fingerprint density at radius 1 is 1.27 bits per heavy atom. The molecule has 0 amide bonds. The Morgan fingerprint density at radius 2 is 2.07 bits per heavy atom. The van der Waals surface area contributed by atoms with Gasteiger partial charge in [0.05, 0.1) is 6.10 Å². The maximum absolute atomic E-state index is 9.25. The van der Waals surface area contributed by atoms with Crippen molar-refractivity contribution in [1.82, 2.24) is 0 Å². The molecule has 2 aromatic rings. The summed E-state index contributed by atoms with van der Waals surface area (Å²) in [6, 6.07) is 8.08. The van der Waals surface area contributed by atoms with Crippen molar-refractivity contribution in [2.45, 2.75) is 24.9 Å². The lowest BCUT2D eigenvalue weighted by molar-refractivity contribution is 0.0675. The first kappa shape index (κ1) is 9.43. The van der Waals surface area contributed by atoms with Crippen molar-refractivity contribution in [1.29, 1.82) is 0 Å². The highest BCUT2D eigenvalue weighted by Gasteiger charge is 2.31. The van der Waals surface area contributed by atoms with Crippen LogP contribution in [0.4, 0.5) is 0 Å². The van der Waals surface area contributed by atoms with E-state index in [1.807, 2.05) is 12.1 Å². The second kappa shape index (κ2) is 3.35. The average molecular weight is 267 g/mol. The van der Waals surface area contributed by atoms with Crippen LogP contribution < -0.4 is 0 Å². The Labute approximate surface area is 96.0 Å². The highest BCUT2D eigenvalue weighted by atomic mass is 79.9. The molecule has 1 aromatic heterocycles. The van der Waals surface area contributed by atoms with Gasteiger partial charge in [-0.2, -0.15) is 0 Å². The van der Waals surface area contributed by atoms with Gasteiger partial charge in [0.15, 0.2) is 0 Å². The fourth-order valence-corrected chi connectivity index (χ4v) is 2.43. The minimum atomic E-state index is -0.130. The second-order valence-electron chi connectivity index (χ2n) is 4.15. The van der Waals surface area contributed by atoms with E-state index in [0.717, 1.165) is 34.0 Å². The van der Waals surface area contributed by atoms with Crippen LogP contribution in [0.3, 0.4) is 0 Å². The van der Waals surface area contributed by atoms with Gasteiger partial charge < -0.3 is 9.52 Å². The highest BCUT2D eigenvalue weighted by Crippen LogP contribution is 2.39. The van der Waals surface area contributed by atoms with Gasteiger partial charge in [-0.05, 0) is 37.1 Å². The summed E-state index contributed by atoms with van der Waals surface area (Å²) in [4.78, 5) is 0. The summed E-state index contributed by atoms with van der Waals surface area (Å²) in [6.45, 7) is 0. The monoisotopic (exact) mass is 266 g/mol. The number of hydrogen-bond donors (Lipinski definition) is 1. The summed E-state index contributed by atoms with van der Waals surface area (Å²) >= 11 is 3.44. The molecule has 0 saturated heterocycles. The minimum absolute atomic E-state index is 0.130. The predicted molar refractivity (Wildman–Crippen MR) is 61.9 cm³/mol. The Bertz CT molecular complexity index is 497. The molecular formula is C12H11BrO2. The van der Waals surface area contributed by atoms with Crippen LogP contribution in [0.5, 0.6) is 0 Å². The largest absolute Gasteiger partial charge is 0.461 e. The van der Waals surface area contributed by atoms with Crippen molar-refractivity contribution in [3.8, 4) is 0 Å². The molecule has 1 aliphatic rings. The third-order valence-electron chi connectivity index (χ3n) is 3.01. The Hall–Kier alpha value is -0.800. The molecule has 78 valence electrons. The molecule has 1 aliphatic carbocycles. The van der Waals surface area contributed by atoms with Crippen molar-refractivity contribution in [2.75, 3.05) is 0 Å². The minimum Gasteiger partial charge on any atom is -0.461 e. The topological polar surface area (TPSA) is 33.4 Å². The molecule has 3 heteroatoms. The third kappa shape index (κ3) is 1.60. The van der Waals surface area contributed by atoms with Crippen LogP contribution in [0.1, 0.15) is 24.5 Å². The summed E-state index contributed by atoms with van der Waals surface area (Å²) < 4.78 is 6.81. The van der Waals surface area contributed by atoms with Crippen molar-refractivity contribution >= 4 is 26.9 Å². The standard InChI is InChI=1S/C12H11BrO2/c13-9-1-2-11-7(3-9)6-12(15-11)8-4-10(14)5-8/h1-3,6,8,10,14H,4-5H2. The Balaban J connectivity index is 1.99. The van der Waals surface area contributed by atoms with Crippen LogP contribution in [-0.4, -0.2) is 11.2 Å². The molecule has 0 unspecified atom stereocenters. The van der Waals surface area contributed by atoms with E-state index in [2.05, 4.69) is 28.1 Å². The van der Waals surface area contributed by atoms with Gasteiger partial charge in [0.2, 0.25) is 0 Å². The summed E-state index contributed by atoms with van der Waals surface area (Å²) in [6.07, 6.45) is 1.54. The van der Waals surface area contributed by atoms with Crippen LogP contribution in [0.25, 0.3) is 11.0 Å². The van der Waals surface area contributed by atoms with E-state index in [1.54, 1.807) is 0 Å². The number of fused-ring (bicyclic) bond motifs is 1. The predicted octanol–water partition coefficient (Wildman–Crippen LogP) is 3.43. The maximum atomic E-state index is 9.25. The molecule has 2 nitrogen and oxygen atoms in total. The molecule has 0 bridgehead atoms. The smallest absolute Gasteiger partial charge is 0.134 e. The fourth-order valence-electron chi connectivity index (χ4n) is 2.06. The zero-order chi connectivity index (χ0) is 10.4. The first-order valence-electron chi connectivity index (χ1n) is 5.09. The zero-order valence-electron chi connectivity index (χ0n) is 8.11. The van der Waals surface area contributed by atoms with E-state index in [9.17, 15) is 5.11 Å². The molecule has 1 N–H and O–H groups in total. The quantitative estimate of drug-likeness (QED) is 0.858. The van der Waals surface area contributed by atoms with E-state index in [0.29, 0.717) is 5.92 Å². The molecule has 1 fully saturated rings. The van der Waals surface area contributed by atoms with E-state index in [1.165, 1.54) is 0 Å². The van der Waals surface area contributed by atoms with Gasteiger partial charge in [-0.15, -0.1) is 0 Å². The third-order valence-corrected chi connectivity index (χ3v) is 3.51. The molecular weight excluding hydrogens is 256 g/mol. The SMILES string of the molecule is OC1CC(c2cc3cc(Br)ccc3o2)C1. The lowest BCUT2D eigenvalue weighted by Crippen LogP contribution is -2.25. The van der Waals surface area contributed by atoms with Gasteiger partial charge in [0.25, 0.3) is 0 Å². The number of aliphatic hydroxyl groups is 1. The van der Waals surface area contributed by atoms with Gasteiger partial charge in [-0.25, -0.2) is 0 Å². The van der Waals surface area contributed by atoms with Crippen molar-refractivity contribution in [3.63, 3.8) is 0 Å². The molecule has 0 spiro atoms. The molecule has 1 aromatic carbocycles. The molecule has 0 atom stereocenters. The van der Waals surface area contributed by atoms with Gasteiger partial charge in [0.1, 0.15) is 11.3 Å². The number of halogens is 1. The summed E-state index contributed by atoms with van der Waals surface area (Å²) in [5, 5.41) is 10.4. The van der Waals surface area contributed by atoms with Gasteiger partial charge in [0, 0.05) is 15.8 Å². The first-order chi connectivity index (χ1) is 7.22. The van der Waals surface area contributed by atoms with Crippen LogP contribution >= 0.6 is 15.9 Å². The molecule has 1 heterocycles. The summed E-state index contributed by atoms with van der Waals surface area (Å²) in [5.41, 5.74) is 0.926. The van der Waals surface area contributed by atoms with Crippen molar-refractivity contribution < 1.29 is 9.52 Å². The molecule has 0 aliphatic heterocycles. The van der Waals surface area contributed by atoms with Crippen molar-refractivity contribution in [3.05, 3.63) is 34.5 Å².